The minimum Gasteiger partial charge on any atom is -0.493 e. The van der Waals surface area contributed by atoms with Gasteiger partial charge >= 0.3 is 0 Å². The molecule has 1 N–H and O–H groups in total. The topological polar surface area (TPSA) is 131 Å². The zero-order valence-corrected chi connectivity index (χ0v) is 14.7. The average molecular weight is 367 g/mol. The fourth-order valence-corrected chi connectivity index (χ4v) is 2.34. The monoisotopic (exact) mass is 367 g/mol. The molecule has 0 aliphatic carbocycles. The molecule has 138 valence electrons. The predicted molar refractivity (Wildman–Crippen MR) is 93.4 cm³/mol. The van der Waals surface area contributed by atoms with E-state index in [1.165, 1.54) is 13.2 Å². The summed E-state index contributed by atoms with van der Waals surface area (Å²) in [6.07, 6.45) is 0. The molecule has 0 radical (unpaired) electrons. The molecular weight excluding hydrogens is 350 g/mol. The smallest absolute Gasteiger partial charge is 0.260 e. The number of rotatable bonds is 6. The van der Waals surface area contributed by atoms with Gasteiger partial charge in [0.15, 0.2) is 23.7 Å². The first-order valence-electron chi connectivity index (χ1n) is 8.01. The third-order valence-electron chi connectivity index (χ3n) is 3.73. The number of hydrogen-bond acceptors (Lipinski definition) is 8. The van der Waals surface area contributed by atoms with Crippen LogP contribution in [-0.4, -0.2) is 50.8 Å². The molecule has 1 fully saturated rings. The number of carbonyl (C=O) groups is 1. The summed E-state index contributed by atoms with van der Waals surface area (Å²) in [5.74, 6) is 0.542. The molecule has 1 heterocycles. The van der Waals surface area contributed by atoms with Crippen LogP contribution >= 0.6 is 0 Å². The molecule has 9 heteroatoms. The number of anilines is 1. The van der Waals surface area contributed by atoms with Crippen LogP contribution in [-0.2, 0) is 9.53 Å². The summed E-state index contributed by atoms with van der Waals surface area (Å²) < 4.78 is 16.0. The highest BCUT2D eigenvalue weighted by Crippen LogP contribution is 2.31. The molecule has 9 nitrogen and oxygen atoms in total. The summed E-state index contributed by atoms with van der Waals surface area (Å²) in [5.41, 5.74) is -0.0654. The zero-order valence-electron chi connectivity index (χ0n) is 14.7. The minimum atomic E-state index is -0.326. The lowest BCUT2D eigenvalue weighted by atomic mass is 10.2. The van der Waals surface area contributed by atoms with Crippen LogP contribution in [0.5, 0.6) is 11.5 Å². The molecule has 1 saturated heterocycles. The molecular formula is C18H17N5O4. The number of carbonyl (C=O) groups excluding carboxylic acids is 1. The normalized spacial score (nSPS) is 12.7. The standard InChI is InChI=1S/C18H17N5O4/c1-25-17-8-14(22-15(11-21)13(9-19)10-20)2-3-16(17)27-12-18(24)23-4-6-26-7-5-23/h2-3,8,22H,4-7,12H2,1H3. The minimum absolute atomic E-state index is 0.139. The van der Waals surface area contributed by atoms with Gasteiger partial charge in [0.1, 0.15) is 23.9 Å². The van der Waals surface area contributed by atoms with E-state index >= 15 is 0 Å². The Balaban J connectivity index is 2.09. The van der Waals surface area contributed by atoms with Crippen LogP contribution in [0.3, 0.4) is 0 Å². The maximum absolute atomic E-state index is 12.2. The lowest BCUT2D eigenvalue weighted by Gasteiger charge is -2.26. The van der Waals surface area contributed by atoms with Crippen LogP contribution in [0.1, 0.15) is 0 Å². The van der Waals surface area contributed by atoms with Crippen molar-refractivity contribution in [3.63, 3.8) is 0 Å². The van der Waals surface area contributed by atoms with Crippen LogP contribution in [0.15, 0.2) is 29.5 Å². The Morgan fingerprint density at radius 2 is 1.89 bits per heavy atom. The van der Waals surface area contributed by atoms with E-state index in [1.54, 1.807) is 35.2 Å². The van der Waals surface area contributed by atoms with E-state index in [4.69, 9.17) is 30.0 Å². The number of nitrogens with zero attached hydrogens (tertiary/aromatic N) is 4. The van der Waals surface area contributed by atoms with Gasteiger partial charge in [0.05, 0.1) is 20.3 Å². The molecule has 1 aromatic rings. The van der Waals surface area contributed by atoms with Crippen LogP contribution in [0, 0.1) is 34.0 Å². The first-order chi connectivity index (χ1) is 13.1. The van der Waals surface area contributed by atoms with Gasteiger partial charge in [0, 0.05) is 24.8 Å². The molecule has 0 saturated carbocycles. The second-order valence-electron chi connectivity index (χ2n) is 5.36. The van der Waals surface area contributed by atoms with Gasteiger partial charge < -0.3 is 24.4 Å². The number of nitriles is 3. The summed E-state index contributed by atoms with van der Waals surface area (Å²) in [4.78, 5) is 13.8. The third kappa shape index (κ3) is 5.12. The molecule has 0 aromatic heterocycles. The average Bonchev–Trinajstić information content (AvgIpc) is 2.72. The lowest BCUT2D eigenvalue weighted by molar-refractivity contribution is -0.137. The van der Waals surface area contributed by atoms with Crippen LogP contribution in [0.4, 0.5) is 5.69 Å². The Hall–Kier alpha value is -3.74. The van der Waals surface area contributed by atoms with E-state index in [0.717, 1.165) is 0 Å². The second kappa shape index (κ2) is 9.67. The van der Waals surface area contributed by atoms with Crippen molar-refractivity contribution in [3.05, 3.63) is 29.5 Å². The Bertz CT molecular complexity index is 838. The zero-order chi connectivity index (χ0) is 19.6. The van der Waals surface area contributed by atoms with Crippen LogP contribution in [0.2, 0.25) is 0 Å². The van der Waals surface area contributed by atoms with Crippen molar-refractivity contribution in [1.82, 2.24) is 4.90 Å². The van der Waals surface area contributed by atoms with E-state index in [2.05, 4.69) is 5.32 Å². The van der Waals surface area contributed by atoms with Crippen molar-refractivity contribution >= 4 is 11.6 Å². The second-order valence-corrected chi connectivity index (χ2v) is 5.36. The van der Waals surface area contributed by atoms with Crippen molar-refractivity contribution in [3.8, 4) is 29.7 Å². The maximum Gasteiger partial charge on any atom is 0.260 e. The van der Waals surface area contributed by atoms with Crippen molar-refractivity contribution in [2.45, 2.75) is 0 Å². The SMILES string of the molecule is COc1cc(NC(C#N)=C(C#N)C#N)ccc1OCC(=O)N1CCOCC1. The highest BCUT2D eigenvalue weighted by Gasteiger charge is 2.18. The Kier molecular flexibility index (Phi) is 7.01. The van der Waals surface area contributed by atoms with E-state index in [0.29, 0.717) is 43.5 Å². The fourth-order valence-electron chi connectivity index (χ4n) is 2.34. The number of ether oxygens (including phenoxy) is 3. The van der Waals surface area contributed by atoms with Gasteiger partial charge in [-0.3, -0.25) is 4.79 Å². The Morgan fingerprint density at radius 1 is 1.19 bits per heavy atom. The van der Waals surface area contributed by atoms with Gasteiger partial charge in [-0.2, -0.15) is 15.8 Å². The van der Waals surface area contributed by atoms with Crippen LogP contribution < -0.4 is 14.8 Å². The number of methoxy groups -OCH3 is 1. The summed E-state index contributed by atoms with van der Waals surface area (Å²) in [6, 6.07) is 9.77. The number of amides is 1. The Labute approximate surface area is 156 Å². The third-order valence-corrected chi connectivity index (χ3v) is 3.73. The molecule has 0 bridgehead atoms. The maximum atomic E-state index is 12.2. The highest BCUT2D eigenvalue weighted by molar-refractivity contribution is 5.78. The van der Waals surface area contributed by atoms with Gasteiger partial charge in [-0.1, -0.05) is 0 Å². The summed E-state index contributed by atoms with van der Waals surface area (Å²) in [7, 11) is 1.44. The quantitative estimate of drug-likeness (QED) is 0.741. The lowest BCUT2D eigenvalue weighted by Crippen LogP contribution is -2.43. The molecule has 1 aromatic carbocycles. The molecule has 1 aliphatic heterocycles. The van der Waals surface area contributed by atoms with Crippen molar-refractivity contribution in [1.29, 1.82) is 15.8 Å². The van der Waals surface area contributed by atoms with Gasteiger partial charge in [-0.05, 0) is 12.1 Å². The van der Waals surface area contributed by atoms with Gasteiger partial charge in [0.2, 0.25) is 0 Å². The van der Waals surface area contributed by atoms with E-state index in [-0.39, 0.29) is 23.8 Å². The molecule has 27 heavy (non-hydrogen) atoms. The summed E-state index contributed by atoms with van der Waals surface area (Å²) in [5, 5.41) is 29.5. The van der Waals surface area contributed by atoms with Crippen LogP contribution in [0.25, 0.3) is 0 Å². The van der Waals surface area contributed by atoms with E-state index < -0.39 is 0 Å². The summed E-state index contributed by atoms with van der Waals surface area (Å²) >= 11 is 0. The van der Waals surface area contributed by atoms with Gasteiger partial charge in [-0.25, -0.2) is 0 Å². The molecule has 0 spiro atoms. The fraction of sp³-hybridized carbons (Fsp3) is 0.333. The first kappa shape index (κ1) is 19.6. The number of hydrogen-bond donors (Lipinski definition) is 1. The molecule has 2 rings (SSSR count). The van der Waals surface area contributed by atoms with E-state index in [9.17, 15) is 4.79 Å². The molecule has 0 unspecified atom stereocenters. The van der Waals surface area contributed by atoms with Crippen molar-refractivity contribution in [2.24, 2.45) is 0 Å². The highest BCUT2D eigenvalue weighted by atomic mass is 16.5. The van der Waals surface area contributed by atoms with Gasteiger partial charge in [-0.15, -0.1) is 0 Å². The predicted octanol–water partition coefficient (Wildman–Crippen LogP) is 1.17. The number of allylic oxidation sites excluding steroid dienone is 2. The number of benzene rings is 1. The molecule has 0 atom stereocenters. The first-order valence-corrected chi connectivity index (χ1v) is 8.01. The van der Waals surface area contributed by atoms with Crippen molar-refractivity contribution in [2.75, 3.05) is 45.3 Å². The Morgan fingerprint density at radius 3 is 2.48 bits per heavy atom. The molecule has 1 aliphatic rings. The molecule has 1 amide bonds. The van der Waals surface area contributed by atoms with Gasteiger partial charge in [0.25, 0.3) is 5.91 Å². The number of nitrogens with one attached hydrogen (secondary N) is 1. The number of morpholine rings is 1. The summed E-state index contributed by atoms with van der Waals surface area (Å²) in [6.45, 7) is 1.95. The van der Waals surface area contributed by atoms with Crippen molar-refractivity contribution < 1.29 is 19.0 Å². The largest absolute Gasteiger partial charge is 0.493 e. The van der Waals surface area contributed by atoms with E-state index in [1.807, 2.05) is 0 Å².